The summed E-state index contributed by atoms with van der Waals surface area (Å²) in [5.74, 6) is -1.79. The van der Waals surface area contributed by atoms with Gasteiger partial charge in [-0.25, -0.2) is 0 Å². The van der Waals surface area contributed by atoms with Crippen molar-refractivity contribution in [1.82, 2.24) is 16.0 Å². The number of hydrogen-bond donors (Lipinski definition) is 3. The Morgan fingerprint density at radius 2 is 1.59 bits per heavy atom. The highest BCUT2D eigenvalue weighted by atomic mass is 35.5. The van der Waals surface area contributed by atoms with Crippen LogP contribution in [0.5, 0.6) is 5.75 Å². The Kier molecular flexibility index (Phi) is 9.77. The van der Waals surface area contributed by atoms with Crippen molar-refractivity contribution in [3.63, 3.8) is 0 Å². The third-order valence-electron chi connectivity index (χ3n) is 4.03. The molecular weight excluding hydrogens is 461 g/mol. The predicted molar refractivity (Wildman–Crippen MR) is 118 cm³/mol. The van der Waals surface area contributed by atoms with Crippen LogP contribution in [0.1, 0.15) is 15.9 Å². The first-order chi connectivity index (χ1) is 15.3. The van der Waals surface area contributed by atoms with E-state index in [4.69, 9.17) is 32.7 Å². The zero-order valence-corrected chi connectivity index (χ0v) is 18.6. The number of hydrogen-bond acceptors (Lipinski definition) is 6. The summed E-state index contributed by atoms with van der Waals surface area (Å²) in [6.45, 7) is -1.07. The van der Waals surface area contributed by atoms with Gasteiger partial charge in [-0.15, -0.1) is 0 Å². The maximum Gasteiger partial charge on any atom is 0.325 e. The topological polar surface area (TPSA) is 123 Å². The van der Waals surface area contributed by atoms with E-state index in [0.29, 0.717) is 10.8 Å². The van der Waals surface area contributed by atoms with Gasteiger partial charge in [0.05, 0.1) is 24.2 Å². The summed E-state index contributed by atoms with van der Waals surface area (Å²) in [5, 5.41) is 7.77. The van der Waals surface area contributed by atoms with Crippen molar-refractivity contribution in [2.75, 3.05) is 26.8 Å². The molecule has 3 N–H and O–H groups in total. The SMILES string of the molecule is COc1ccc(CNC(=O)COC(=O)CNC(=O)CNC(=O)c2ccc(Cl)cc2Cl)cc1. The van der Waals surface area contributed by atoms with E-state index in [1.165, 1.54) is 18.2 Å². The fourth-order valence-corrected chi connectivity index (χ4v) is 2.85. The fourth-order valence-electron chi connectivity index (χ4n) is 2.35. The smallest absolute Gasteiger partial charge is 0.325 e. The van der Waals surface area contributed by atoms with Crippen LogP contribution < -0.4 is 20.7 Å². The summed E-state index contributed by atoms with van der Waals surface area (Å²) in [5.41, 5.74) is 1.00. The molecule has 0 unspecified atom stereocenters. The van der Waals surface area contributed by atoms with Crippen LogP contribution >= 0.6 is 23.2 Å². The molecule has 0 aliphatic carbocycles. The van der Waals surface area contributed by atoms with Crippen LogP contribution in [-0.4, -0.2) is 50.5 Å². The standard InChI is InChI=1S/C21H21Cl2N3O6/c1-31-15-5-2-13(3-6-15)9-24-19(28)12-32-20(29)11-25-18(27)10-26-21(30)16-7-4-14(22)8-17(16)23/h2-8H,9-12H2,1H3,(H,24,28)(H,25,27)(H,26,30). The molecule has 170 valence electrons. The Morgan fingerprint density at radius 1 is 0.875 bits per heavy atom. The van der Waals surface area contributed by atoms with E-state index in [0.717, 1.165) is 5.56 Å². The minimum atomic E-state index is -0.801. The van der Waals surface area contributed by atoms with E-state index in [9.17, 15) is 19.2 Å². The lowest BCUT2D eigenvalue weighted by Crippen LogP contribution is -2.40. The van der Waals surface area contributed by atoms with Crippen molar-refractivity contribution in [3.8, 4) is 5.75 Å². The first-order valence-corrected chi connectivity index (χ1v) is 10.1. The molecule has 32 heavy (non-hydrogen) atoms. The lowest BCUT2D eigenvalue weighted by atomic mass is 10.2. The second-order valence-electron chi connectivity index (χ2n) is 6.37. The Labute approximate surface area is 194 Å². The number of rotatable bonds is 10. The zero-order valence-electron chi connectivity index (χ0n) is 17.1. The number of carbonyl (C=O) groups is 4. The van der Waals surface area contributed by atoms with Gasteiger partial charge in [-0.2, -0.15) is 0 Å². The summed E-state index contributed by atoms with van der Waals surface area (Å²) in [6.07, 6.45) is 0. The van der Waals surface area contributed by atoms with Crippen LogP contribution in [0.3, 0.4) is 0 Å². The summed E-state index contributed by atoms with van der Waals surface area (Å²) in [4.78, 5) is 47.3. The highest BCUT2D eigenvalue weighted by Crippen LogP contribution is 2.20. The normalized spacial score (nSPS) is 10.1. The molecule has 11 heteroatoms. The van der Waals surface area contributed by atoms with Crippen LogP contribution in [0.2, 0.25) is 10.0 Å². The Balaban J connectivity index is 1.62. The van der Waals surface area contributed by atoms with Gasteiger partial charge in [0.25, 0.3) is 11.8 Å². The maximum atomic E-state index is 12.0. The minimum absolute atomic E-state index is 0.143. The molecule has 0 aliphatic heterocycles. The number of amides is 3. The highest BCUT2D eigenvalue weighted by molar-refractivity contribution is 6.36. The molecule has 0 fully saturated rings. The van der Waals surface area contributed by atoms with E-state index >= 15 is 0 Å². The van der Waals surface area contributed by atoms with E-state index < -0.39 is 36.8 Å². The molecule has 0 radical (unpaired) electrons. The van der Waals surface area contributed by atoms with Gasteiger partial charge in [-0.05, 0) is 35.9 Å². The molecule has 2 rings (SSSR count). The summed E-state index contributed by atoms with van der Waals surface area (Å²) >= 11 is 11.7. The molecule has 2 aromatic carbocycles. The summed E-state index contributed by atoms with van der Waals surface area (Å²) in [7, 11) is 1.56. The van der Waals surface area contributed by atoms with Gasteiger partial charge >= 0.3 is 5.97 Å². The molecular formula is C21H21Cl2N3O6. The molecule has 3 amide bonds. The lowest BCUT2D eigenvalue weighted by molar-refractivity contribution is -0.148. The lowest BCUT2D eigenvalue weighted by Gasteiger charge is -2.09. The monoisotopic (exact) mass is 481 g/mol. The van der Waals surface area contributed by atoms with Crippen molar-refractivity contribution in [2.45, 2.75) is 6.54 Å². The van der Waals surface area contributed by atoms with Gasteiger partial charge in [-0.3, -0.25) is 19.2 Å². The zero-order chi connectivity index (χ0) is 23.5. The van der Waals surface area contributed by atoms with E-state index in [2.05, 4.69) is 16.0 Å². The first kappa shape index (κ1) is 25.0. The number of carbonyl (C=O) groups excluding carboxylic acids is 4. The van der Waals surface area contributed by atoms with Gasteiger partial charge < -0.3 is 25.4 Å². The molecule has 2 aromatic rings. The van der Waals surface area contributed by atoms with Gasteiger partial charge in [0.2, 0.25) is 5.91 Å². The average molecular weight is 482 g/mol. The van der Waals surface area contributed by atoms with Crippen LogP contribution in [0.4, 0.5) is 0 Å². The fraction of sp³-hybridized carbons (Fsp3) is 0.238. The maximum absolute atomic E-state index is 12.0. The van der Waals surface area contributed by atoms with Crippen LogP contribution in [-0.2, 0) is 25.7 Å². The summed E-state index contributed by atoms with van der Waals surface area (Å²) in [6, 6.07) is 11.4. The van der Waals surface area contributed by atoms with Crippen LogP contribution in [0.15, 0.2) is 42.5 Å². The molecule has 0 spiro atoms. The van der Waals surface area contributed by atoms with Gasteiger partial charge in [0.15, 0.2) is 6.61 Å². The molecule has 0 saturated heterocycles. The first-order valence-electron chi connectivity index (χ1n) is 9.33. The second kappa shape index (κ2) is 12.5. The molecule has 0 bridgehead atoms. The van der Waals surface area contributed by atoms with Crippen molar-refractivity contribution < 1.29 is 28.7 Å². The van der Waals surface area contributed by atoms with E-state index in [-0.39, 0.29) is 23.7 Å². The minimum Gasteiger partial charge on any atom is -0.497 e. The quantitative estimate of drug-likeness (QED) is 0.444. The molecule has 0 aliphatic rings. The predicted octanol–water partition coefficient (Wildman–Crippen LogP) is 1.71. The van der Waals surface area contributed by atoms with Crippen molar-refractivity contribution >= 4 is 46.9 Å². The van der Waals surface area contributed by atoms with Gasteiger partial charge in [0, 0.05) is 11.6 Å². The largest absolute Gasteiger partial charge is 0.497 e. The number of halogens is 2. The summed E-state index contributed by atoms with van der Waals surface area (Å²) < 4.78 is 9.85. The average Bonchev–Trinajstić information content (AvgIpc) is 2.78. The molecule has 0 saturated carbocycles. The van der Waals surface area contributed by atoms with E-state index in [1.807, 2.05) is 0 Å². The van der Waals surface area contributed by atoms with Crippen LogP contribution in [0, 0.1) is 0 Å². The van der Waals surface area contributed by atoms with Crippen LogP contribution in [0.25, 0.3) is 0 Å². The Morgan fingerprint density at radius 3 is 2.25 bits per heavy atom. The molecule has 9 nitrogen and oxygen atoms in total. The number of methoxy groups -OCH3 is 1. The van der Waals surface area contributed by atoms with Crippen molar-refractivity contribution in [1.29, 1.82) is 0 Å². The third kappa shape index (κ3) is 8.44. The Hall–Kier alpha value is -3.30. The van der Waals surface area contributed by atoms with Gasteiger partial charge in [-0.1, -0.05) is 35.3 Å². The third-order valence-corrected chi connectivity index (χ3v) is 4.58. The number of nitrogens with one attached hydrogen (secondary N) is 3. The van der Waals surface area contributed by atoms with Crippen molar-refractivity contribution in [2.24, 2.45) is 0 Å². The van der Waals surface area contributed by atoms with E-state index in [1.54, 1.807) is 31.4 Å². The molecule has 0 heterocycles. The molecule has 0 atom stereocenters. The van der Waals surface area contributed by atoms with Gasteiger partial charge in [0.1, 0.15) is 12.3 Å². The number of ether oxygens (including phenoxy) is 2. The highest BCUT2D eigenvalue weighted by Gasteiger charge is 2.13. The van der Waals surface area contributed by atoms with Crippen molar-refractivity contribution in [3.05, 3.63) is 63.6 Å². The Bertz CT molecular complexity index is 982. The number of benzene rings is 2. The molecule has 0 aromatic heterocycles. The second-order valence-corrected chi connectivity index (χ2v) is 7.21. The number of esters is 1.